The number of nitrogens with zero attached hydrogens (tertiary/aromatic N) is 3. The van der Waals surface area contributed by atoms with Crippen LogP contribution in [0.25, 0.3) is 0 Å². The highest BCUT2D eigenvalue weighted by Crippen LogP contribution is 2.43. The number of carbonyl (C=O) groups excluding carboxylic acids is 2. The van der Waals surface area contributed by atoms with E-state index < -0.39 is 0 Å². The van der Waals surface area contributed by atoms with Crippen molar-refractivity contribution < 1.29 is 19.1 Å². The molecule has 3 aliphatic rings. The van der Waals surface area contributed by atoms with E-state index in [1.165, 1.54) is 5.56 Å². The van der Waals surface area contributed by atoms with Crippen LogP contribution in [0, 0.1) is 11.3 Å². The van der Waals surface area contributed by atoms with Gasteiger partial charge in [0.05, 0.1) is 12.5 Å². The largest absolute Gasteiger partial charge is 0.497 e. The quantitative estimate of drug-likeness (QED) is 0.550. The number of benzene rings is 2. The third kappa shape index (κ3) is 5.53. The molecule has 0 unspecified atom stereocenters. The molecule has 7 nitrogen and oxygen atoms in total. The lowest BCUT2D eigenvalue weighted by Crippen LogP contribution is -2.46. The Balaban J connectivity index is 1.19. The smallest absolute Gasteiger partial charge is 0.248 e. The molecule has 0 saturated carbocycles. The first-order chi connectivity index (χ1) is 18.0. The third-order valence-corrected chi connectivity index (χ3v) is 8.73. The molecule has 3 fully saturated rings. The van der Waals surface area contributed by atoms with Gasteiger partial charge in [-0.15, -0.1) is 0 Å². The van der Waals surface area contributed by atoms with E-state index in [9.17, 15) is 9.59 Å². The average Bonchev–Trinajstić information content (AvgIpc) is 3.48. The SMILES string of the molecule is COCC(=O)N1C[C@H](CN2CCC3(CC2)CCN(Cc2ccc(OC)cc2)C3=O)[C@@H](c2ccccc2)C1. The first-order valence-corrected chi connectivity index (χ1v) is 13.5. The second-order valence-corrected chi connectivity index (χ2v) is 10.9. The fourth-order valence-electron chi connectivity index (χ4n) is 6.51. The first-order valence-electron chi connectivity index (χ1n) is 13.5. The predicted octanol–water partition coefficient (Wildman–Crippen LogP) is 3.40. The maximum atomic E-state index is 13.5. The van der Waals surface area contributed by atoms with E-state index in [1.807, 2.05) is 40.1 Å². The normalized spacial score (nSPS) is 23.7. The molecule has 3 heterocycles. The molecule has 198 valence electrons. The summed E-state index contributed by atoms with van der Waals surface area (Å²) in [7, 11) is 3.24. The molecule has 0 aromatic heterocycles. The number of rotatable bonds is 8. The number of carbonyl (C=O) groups is 2. The highest BCUT2D eigenvalue weighted by atomic mass is 16.5. The lowest BCUT2D eigenvalue weighted by Gasteiger charge is -2.39. The number of ether oxygens (including phenoxy) is 2. The zero-order valence-electron chi connectivity index (χ0n) is 22.1. The summed E-state index contributed by atoms with van der Waals surface area (Å²) in [6.07, 6.45) is 2.78. The van der Waals surface area contributed by atoms with Gasteiger partial charge in [-0.1, -0.05) is 42.5 Å². The van der Waals surface area contributed by atoms with E-state index in [2.05, 4.69) is 29.2 Å². The van der Waals surface area contributed by atoms with Crippen LogP contribution in [0.2, 0.25) is 0 Å². The molecule has 37 heavy (non-hydrogen) atoms. The molecule has 1 spiro atoms. The zero-order chi connectivity index (χ0) is 25.8. The molecule has 2 aromatic rings. The van der Waals surface area contributed by atoms with E-state index in [1.54, 1.807) is 14.2 Å². The van der Waals surface area contributed by atoms with Crippen molar-refractivity contribution in [1.82, 2.24) is 14.7 Å². The van der Waals surface area contributed by atoms with Crippen LogP contribution in [-0.2, 0) is 20.9 Å². The van der Waals surface area contributed by atoms with Gasteiger partial charge in [-0.25, -0.2) is 0 Å². The number of piperidine rings is 1. The van der Waals surface area contributed by atoms with Gasteiger partial charge in [0.25, 0.3) is 0 Å². The minimum atomic E-state index is -0.210. The maximum absolute atomic E-state index is 13.5. The summed E-state index contributed by atoms with van der Waals surface area (Å²) in [6.45, 7) is 5.97. The van der Waals surface area contributed by atoms with Gasteiger partial charge in [-0.05, 0) is 61.5 Å². The van der Waals surface area contributed by atoms with Crippen molar-refractivity contribution >= 4 is 11.8 Å². The Morgan fingerprint density at radius 1 is 0.946 bits per heavy atom. The molecule has 7 heteroatoms. The van der Waals surface area contributed by atoms with Gasteiger partial charge in [0, 0.05) is 45.8 Å². The Kier molecular flexibility index (Phi) is 7.81. The van der Waals surface area contributed by atoms with Crippen molar-refractivity contribution in [3.63, 3.8) is 0 Å². The Morgan fingerprint density at radius 3 is 2.32 bits per heavy atom. The topological polar surface area (TPSA) is 62.3 Å². The van der Waals surface area contributed by atoms with Crippen LogP contribution in [0.3, 0.4) is 0 Å². The molecular formula is C30H39N3O4. The number of methoxy groups -OCH3 is 2. The molecular weight excluding hydrogens is 466 g/mol. The number of hydrogen-bond donors (Lipinski definition) is 0. The molecule has 2 atom stereocenters. The molecule has 2 aromatic carbocycles. The van der Waals surface area contributed by atoms with E-state index in [0.29, 0.717) is 24.3 Å². The van der Waals surface area contributed by atoms with Gasteiger partial charge in [0.2, 0.25) is 11.8 Å². The van der Waals surface area contributed by atoms with Crippen molar-refractivity contribution in [1.29, 1.82) is 0 Å². The lowest BCUT2D eigenvalue weighted by molar-refractivity contribution is -0.139. The van der Waals surface area contributed by atoms with Crippen molar-refractivity contribution in [2.75, 3.05) is 60.1 Å². The average molecular weight is 506 g/mol. The fraction of sp³-hybridized carbons (Fsp3) is 0.533. The molecule has 0 bridgehead atoms. The van der Waals surface area contributed by atoms with Crippen LogP contribution in [0.5, 0.6) is 5.75 Å². The van der Waals surface area contributed by atoms with E-state index in [0.717, 1.165) is 69.8 Å². The Morgan fingerprint density at radius 2 is 1.65 bits per heavy atom. The summed E-state index contributed by atoms with van der Waals surface area (Å²) in [5.41, 5.74) is 2.23. The van der Waals surface area contributed by atoms with Gasteiger partial charge in [-0.2, -0.15) is 0 Å². The second-order valence-electron chi connectivity index (χ2n) is 10.9. The van der Waals surface area contributed by atoms with Gasteiger partial charge in [0.15, 0.2) is 0 Å². The van der Waals surface area contributed by atoms with E-state index in [4.69, 9.17) is 9.47 Å². The highest BCUT2D eigenvalue weighted by molar-refractivity contribution is 5.85. The van der Waals surface area contributed by atoms with Gasteiger partial charge >= 0.3 is 0 Å². The number of amides is 2. The summed E-state index contributed by atoms with van der Waals surface area (Å²) in [6, 6.07) is 18.6. The molecule has 3 saturated heterocycles. The van der Waals surface area contributed by atoms with Crippen LogP contribution < -0.4 is 4.74 Å². The molecule has 0 radical (unpaired) electrons. The van der Waals surface area contributed by atoms with E-state index >= 15 is 0 Å². The zero-order valence-corrected chi connectivity index (χ0v) is 22.1. The highest BCUT2D eigenvalue weighted by Gasteiger charge is 2.48. The summed E-state index contributed by atoms with van der Waals surface area (Å²) in [5, 5.41) is 0. The van der Waals surface area contributed by atoms with Crippen molar-refractivity contribution in [2.45, 2.75) is 31.7 Å². The number of likely N-dealkylation sites (tertiary alicyclic amines) is 3. The fourth-order valence-corrected chi connectivity index (χ4v) is 6.51. The summed E-state index contributed by atoms with van der Waals surface area (Å²) in [4.78, 5) is 32.6. The minimum absolute atomic E-state index is 0.0667. The second kappa shape index (κ2) is 11.2. The Bertz CT molecular complexity index is 1070. The van der Waals surface area contributed by atoms with E-state index in [-0.39, 0.29) is 17.9 Å². The van der Waals surface area contributed by atoms with Gasteiger partial charge in [0.1, 0.15) is 12.4 Å². The number of hydrogen-bond acceptors (Lipinski definition) is 5. The van der Waals surface area contributed by atoms with Crippen molar-refractivity contribution in [3.05, 3.63) is 65.7 Å². The summed E-state index contributed by atoms with van der Waals surface area (Å²) < 4.78 is 10.4. The van der Waals surface area contributed by atoms with Crippen LogP contribution in [0.15, 0.2) is 54.6 Å². The van der Waals surface area contributed by atoms with Crippen LogP contribution in [0.1, 0.15) is 36.3 Å². The van der Waals surface area contributed by atoms with Gasteiger partial charge in [-0.3, -0.25) is 9.59 Å². The molecule has 0 N–H and O–H groups in total. The van der Waals surface area contributed by atoms with Crippen LogP contribution in [-0.4, -0.2) is 86.6 Å². The molecule has 2 amide bonds. The Hall–Kier alpha value is -2.90. The summed E-state index contributed by atoms with van der Waals surface area (Å²) >= 11 is 0. The van der Waals surface area contributed by atoms with Crippen molar-refractivity contribution in [2.24, 2.45) is 11.3 Å². The summed E-state index contributed by atoms with van der Waals surface area (Å²) in [5.74, 6) is 1.93. The van der Waals surface area contributed by atoms with Crippen LogP contribution in [0.4, 0.5) is 0 Å². The predicted molar refractivity (Wildman–Crippen MR) is 142 cm³/mol. The minimum Gasteiger partial charge on any atom is -0.497 e. The third-order valence-electron chi connectivity index (χ3n) is 8.73. The van der Waals surface area contributed by atoms with Crippen LogP contribution >= 0.6 is 0 Å². The Labute approximate surface area is 220 Å². The van der Waals surface area contributed by atoms with Crippen molar-refractivity contribution in [3.8, 4) is 5.75 Å². The molecule has 5 rings (SSSR count). The molecule has 3 aliphatic heterocycles. The monoisotopic (exact) mass is 505 g/mol. The lowest BCUT2D eigenvalue weighted by atomic mass is 9.76. The maximum Gasteiger partial charge on any atom is 0.248 e. The van der Waals surface area contributed by atoms with Gasteiger partial charge < -0.3 is 24.2 Å². The molecule has 0 aliphatic carbocycles. The first kappa shape index (κ1) is 25.7. The standard InChI is InChI=1S/C30H39N3O4/c1-36-22-28(34)33-20-25(27(21-33)24-6-4-3-5-7-24)19-31-15-12-30(13-16-31)14-17-32(29(30)35)18-23-8-10-26(37-2)11-9-23/h3-11,25,27H,12-22H2,1-2H3/t25-,27+/m0/s1.